The molecule has 0 saturated heterocycles. The largest absolute Gasteiger partial charge is 0.378 e. The Morgan fingerprint density at radius 3 is 3.25 bits per heavy atom. The van der Waals surface area contributed by atoms with Gasteiger partial charge < -0.3 is 5.73 Å². The van der Waals surface area contributed by atoms with Gasteiger partial charge in [-0.25, -0.2) is 9.38 Å². The number of allylic oxidation sites excluding steroid dienone is 3. The maximum Gasteiger partial charge on any atom is 0.159 e. The summed E-state index contributed by atoms with van der Waals surface area (Å²) < 4.78 is 12.9. The average Bonchev–Trinajstić information content (AvgIpc) is 2.30. The second-order valence-corrected chi connectivity index (χ2v) is 4.21. The summed E-state index contributed by atoms with van der Waals surface area (Å²) >= 11 is 6.97. The molecule has 0 amide bonds. The quantitative estimate of drug-likeness (QED) is 0.657. The van der Waals surface area contributed by atoms with Crippen LogP contribution in [0.15, 0.2) is 27.6 Å². The summed E-state index contributed by atoms with van der Waals surface area (Å²) in [4.78, 5) is 4.03. The second kappa shape index (κ2) is 2.78. The summed E-state index contributed by atoms with van der Waals surface area (Å²) in [5.74, 6) is -0.275. The van der Waals surface area contributed by atoms with Gasteiger partial charge in [0.15, 0.2) is 5.17 Å². The summed E-state index contributed by atoms with van der Waals surface area (Å²) in [6.45, 7) is 0. The maximum atomic E-state index is 12.9. The molecule has 2 rings (SSSR count). The van der Waals surface area contributed by atoms with E-state index in [1.807, 2.05) is 0 Å². The molecule has 2 N–H and O–H groups in total. The number of hydrogen-bond acceptors (Lipinski definition) is 3. The summed E-state index contributed by atoms with van der Waals surface area (Å²) in [6.07, 6.45) is 1.84. The number of amidine groups is 1. The number of halogens is 2. The standard InChI is InChI=1S/C7H6ClFN2S/c8-3-1-5-6(2-4(3)9)12-7(10)11-5/h1,6H,2H2,(H2,10,11). The molecule has 0 saturated carbocycles. The lowest BCUT2D eigenvalue weighted by Crippen LogP contribution is -2.08. The van der Waals surface area contributed by atoms with Crippen molar-refractivity contribution in [3.63, 3.8) is 0 Å². The van der Waals surface area contributed by atoms with E-state index in [4.69, 9.17) is 17.3 Å². The van der Waals surface area contributed by atoms with Crippen LogP contribution < -0.4 is 5.73 Å². The fourth-order valence-electron chi connectivity index (χ4n) is 1.17. The molecule has 1 aliphatic heterocycles. The van der Waals surface area contributed by atoms with Crippen molar-refractivity contribution in [1.29, 1.82) is 0 Å². The van der Waals surface area contributed by atoms with Crippen LogP contribution in [0.25, 0.3) is 0 Å². The minimum atomic E-state index is -0.275. The van der Waals surface area contributed by atoms with Gasteiger partial charge in [-0.05, 0) is 6.08 Å². The molecule has 0 radical (unpaired) electrons. The SMILES string of the molecule is NC1=NC2=CC(Cl)=C(F)CC2S1. The van der Waals surface area contributed by atoms with Gasteiger partial charge >= 0.3 is 0 Å². The minimum Gasteiger partial charge on any atom is -0.378 e. The fourth-order valence-corrected chi connectivity index (χ4v) is 2.28. The highest BCUT2D eigenvalue weighted by molar-refractivity contribution is 8.14. The van der Waals surface area contributed by atoms with Crippen molar-refractivity contribution in [3.05, 3.63) is 22.6 Å². The normalized spacial score (nSPS) is 28.3. The molecule has 1 aliphatic carbocycles. The van der Waals surface area contributed by atoms with Crippen molar-refractivity contribution in [2.24, 2.45) is 10.7 Å². The lowest BCUT2D eigenvalue weighted by atomic mass is 10.1. The number of nitrogens with two attached hydrogens (primary N) is 1. The fraction of sp³-hybridized carbons (Fsp3) is 0.286. The Morgan fingerprint density at radius 2 is 2.50 bits per heavy atom. The van der Waals surface area contributed by atoms with Gasteiger partial charge in [0, 0.05) is 6.42 Å². The number of rotatable bonds is 0. The molecule has 64 valence electrons. The van der Waals surface area contributed by atoms with Gasteiger partial charge in [0.1, 0.15) is 5.83 Å². The van der Waals surface area contributed by atoms with E-state index < -0.39 is 0 Å². The third kappa shape index (κ3) is 1.25. The van der Waals surface area contributed by atoms with Crippen LogP contribution >= 0.6 is 23.4 Å². The van der Waals surface area contributed by atoms with Crippen LogP contribution in [0.4, 0.5) is 4.39 Å². The van der Waals surface area contributed by atoms with Crippen LogP contribution in [0.1, 0.15) is 6.42 Å². The van der Waals surface area contributed by atoms with E-state index >= 15 is 0 Å². The predicted octanol–water partition coefficient (Wildman–Crippen LogP) is 2.12. The molecular weight excluding hydrogens is 199 g/mol. The Hall–Kier alpha value is -0.480. The van der Waals surface area contributed by atoms with Gasteiger partial charge in [0.2, 0.25) is 0 Å². The van der Waals surface area contributed by atoms with Gasteiger partial charge in [0.05, 0.1) is 16.0 Å². The molecule has 2 nitrogen and oxygen atoms in total. The highest BCUT2D eigenvalue weighted by atomic mass is 35.5. The molecule has 1 atom stereocenters. The van der Waals surface area contributed by atoms with Crippen molar-refractivity contribution in [1.82, 2.24) is 0 Å². The van der Waals surface area contributed by atoms with Gasteiger partial charge in [-0.1, -0.05) is 23.4 Å². The highest BCUT2D eigenvalue weighted by Gasteiger charge is 2.28. The van der Waals surface area contributed by atoms with E-state index in [0.717, 1.165) is 5.70 Å². The van der Waals surface area contributed by atoms with E-state index in [1.54, 1.807) is 0 Å². The van der Waals surface area contributed by atoms with E-state index in [0.29, 0.717) is 11.6 Å². The summed E-state index contributed by atoms with van der Waals surface area (Å²) in [5.41, 5.74) is 6.25. The van der Waals surface area contributed by atoms with Gasteiger partial charge in [0.25, 0.3) is 0 Å². The molecule has 2 aliphatic rings. The zero-order chi connectivity index (χ0) is 8.72. The van der Waals surface area contributed by atoms with Crippen molar-refractivity contribution < 1.29 is 4.39 Å². The van der Waals surface area contributed by atoms with Gasteiger partial charge in [-0.15, -0.1) is 0 Å². The molecule has 1 heterocycles. The molecular formula is C7H6ClFN2S. The van der Waals surface area contributed by atoms with Gasteiger partial charge in [-0.3, -0.25) is 0 Å². The number of hydrogen-bond donors (Lipinski definition) is 1. The second-order valence-electron chi connectivity index (χ2n) is 2.58. The molecule has 0 aromatic heterocycles. The van der Waals surface area contributed by atoms with Crippen LogP contribution in [0.2, 0.25) is 0 Å². The molecule has 0 spiro atoms. The third-order valence-corrected chi connectivity index (χ3v) is 3.07. The molecule has 5 heteroatoms. The van der Waals surface area contributed by atoms with Gasteiger partial charge in [-0.2, -0.15) is 0 Å². The Bertz CT molecular complexity index is 321. The number of aliphatic imine (C=N–C) groups is 1. The monoisotopic (exact) mass is 204 g/mol. The third-order valence-electron chi connectivity index (χ3n) is 1.73. The molecule has 12 heavy (non-hydrogen) atoms. The van der Waals surface area contributed by atoms with Crippen molar-refractivity contribution in [3.8, 4) is 0 Å². The van der Waals surface area contributed by atoms with Crippen LogP contribution in [-0.4, -0.2) is 10.4 Å². The maximum absolute atomic E-state index is 12.9. The Balaban J connectivity index is 2.35. The Morgan fingerprint density at radius 1 is 1.75 bits per heavy atom. The van der Waals surface area contributed by atoms with Crippen LogP contribution in [0.5, 0.6) is 0 Å². The van der Waals surface area contributed by atoms with E-state index in [-0.39, 0.29) is 16.1 Å². The lowest BCUT2D eigenvalue weighted by Gasteiger charge is -2.13. The molecule has 1 unspecified atom stereocenters. The zero-order valence-corrected chi connectivity index (χ0v) is 7.62. The Kier molecular flexibility index (Phi) is 1.88. The number of nitrogens with zero attached hydrogens (tertiary/aromatic N) is 1. The van der Waals surface area contributed by atoms with E-state index in [1.165, 1.54) is 17.8 Å². The highest BCUT2D eigenvalue weighted by Crippen LogP contribution is 2.39. The zero-order valence-electron chi connectivity index (χ0n) is 6.05. The van der Waals surface area contributed by atoms with Crippen LogP contribution in [0.3, 0.4) is 0 Å². The van der Waals surface area contributed by atoms with E-state index in [9.17, 15) is 4.39 Å². The Labute approximate surface area is 78.4 Å². The topological polar surface area (TPSA) is 38.4 Å². The first-order valence-electron chi connectivity index (χ1n) is 3.43. The smallest absolute Gasteiger partial charge is 0.159 e. The molecule has 0 bridgehead atoms. The molecule has 0 aromatic rings. The summed E-state index contributed by atoms with van der Waals surface area (Å²) in [7, 11) is 0. The first-order chi connectivity index (χ1) is 5.66. The van der Waals surface area contributed by atoms with Crippen LogP contribution in [0, 0.1) is 0 Å². The van der Waals surface area contributed by atoms with Crippen molar-refractivity contribution in [2.75, 3.05) is 0 Å². The first-order valence-corrected chi connectivity index (χ1v) is 4.69. The van der Waals surface area contributed by atoms with E-state index in [2.05, 4.69) is 4.99 Å². The lowest BCUT2D eigenvalue weighted by molar-refractivity contribution is 0.583. The predicted molar refractivity (Wildman–Crippen MR) is 49.7 cm³/mol. The minimum absolute atomic E-state index is 0.0347. The first kappa shape index (κ1) is 8.13. The summed E-state index contributed by atoms with van der Waals surface area (Å²) in [5, 5.41) is 0.679. The summed E-state index contributed by atoms with van der Waals surface area (Å²) in [6, 6.07) is 0. The number of fused-ring (bicyclic) bond motifs is 1. The molecule has 0 aromatic carbocycles. The number of thioether (sulfide) groups is 1. The van der Waals surface area contributed by atoms with Crippen molar-refractivity contribution in [2.45, 2.75) is 11.7 Å². The van der Waals surface area contributed by atoms with Crippen molar-refractivity contribution >= 4 is 28.5 Å². The molecule has 0 fully saturated rings. The average molecular weight is 205 g/mol. The van der Waals surface area contributed by atoms with Crippen LogP contribution in [-0.2, 0) is 0 Å².